The highest BCUT2D eigenvalue weighted by atomic mass is 31.1. The molecular weight excluding hydrogens is 359 g/mol. The topological polar surface area (TPSA) is 129 Å². The fourth-order valence-electron chi connectivity index (χ4n) is 2.78. The van der Waals surface area contributed by atoms with Crippen molar-refractivity contribution in [3.8, 4) is 0 Å². The Balaban J connectivity index is 1.88. The van der Waals surface area contributed by atoms with Crippen LogP contribution in [0.25, 0.3) is 11.2 Å². The molecule has 26 heavy (non-hydrogen) atoms. The lowest BCUT2D eigenvalue weighted by molar-refractivity contribution is -0.105. The molecule has 1 aliphatic rings. The number of anilines is 2. The molecule has 2 aromatic rings. The van der Waals surface area contributed by atoms with Crippen molar-refractivity contribution in [1.29, 1.82) is 0 Å². The Labute approximate surface area is 152 Å². The van der Waals surface area contributed by atoms with Gasteiger partial charge in [-0.2, -0.15) is 9.97 Å². The van der Waals surface area contributed by atoms with Crippen LogP contribution in [0.5, 0.6) is 0 Å². The summed E-state index contributed by atoms with van der Waals surface area (Å²) in [5.74, 6) is 0.857. The summed E-state index contributed by atoms with van der Waals surface area (Å²) < 4.78 is 22.9. The van der Waals surface area contributed by atoms with Gasteiger partial charge in [-0.1, -0.05) is 0 Å². The maximum absolute atomic E-state index is 10.5. The highest BCUT2D eigenvalue weighted by molar-refractivity contribution is 7.17. The number of nitrogen functional groups attached to an aromatic ring is 1. The number of aromatic nitrogens is 4. The van der Waals surface area contributed by atoms with Gasteiger partial charge < -0.3 is 20.5 Å². The first kappa shape index (κ1) is 18.9. The number of rotatable bonds is 9. The van der Waals surface area contributed by atoms with Gasteiger partial charge >= 0.3 is 8.69 Å². The molecule has 0 amide bonds. The first-order valence-electron chi connectivity index (χ1n) is 8.43. The van der Waals surface area contributed by atoms with E-state index in [0.29, 0.717) is 23.0 Å². The minimum Gasteiger partial charge on any atom is -0.391 e. The monoisotopic (exact) mass is 382 g/mol. The van der Waals surface area contributed by atoms with E-state index in [-0.39, 0.29) is 12.6 Å². The number of imidazole rings is 1. The lowest BCUT2D eigenvalue weighted by atomic mass is 10.2. The van der Waals surface area contributed by atoms with E-state index < -0.39 is 27.1 Å². The second-order valence-corrected chi connectivity index (χ2v) is 6.86. The van der Waals surface area contributed by atoms with E-state index in [4.69, 9.17) is 15.0 Å². The van der Waals surface area contributed by atoms with Gasteiger partial charge in [0.25, 0.3) is 0 Å². The predicted molar refractivity (Wildman–Crippen MR) is 96.0 cm³/mol. The molecule has 0 spiro atoms. The van der Waals surface area contributed by atoms with Crippen LogP contribution in [0.2, 0.25) is 0 Å². The van der Waals surface area contributed by atoms with Gasteiger partial charge in [-0.3, -0.25) is 9.09 Å². The first-order chi connectivity index (χ1) is 12.4. The Morgan fingerprint density at radius 3 is 2.81 bits per heavy atom. The molecular formula is C15H23N6O4P. The smallest absolute Gasteiger partial charge is 0.327 e. The third-order valence-corrected chi connectivity index (χ3v) is 4.70. The average molecular weight is 382 g/mol. The van der Waals surface area contributed by atoms with Gasteiger partial charge in [0.15, 0.2) is 17.0 Å². The van der Waals surface area contributed by atoms with Crippen LogP contribution in [0.4, 0.5) is 11.8 Å². The fourth-order valence-corrected chi connectivity index (χ4v) is 2.99. The van der Waals surface area contributed by atoms with Crippen molar-refractivity contribution in [3.05, 3.63) is 6.33 Å². The Kier molecular flexibility index (Phi) is 5.67. The standard InChI is InChI=1S/C15H23N6O4P/c1-8(22)11(6-24-26-23)25-9(2)21-7-17-12-13(20(3)10-4-5-10)18-15(16)19-14(12)21/h7-11,22H,4-6H2,1-3H3,(H2,16,18,19)/t8?,9-,11-/m1/s1. The van der Waals surface area contributed by atoms with Crippen LogP contribution < -0.4 is 10.6 Å². The molecule has 1 unspecified atom stereocenters. The van der Waals surface area contributed by atoms with Gasteiger partial charge in [-0.05, 0) is 26.7 Å². The molecule has 0 saturated heterocycles. The molecule has 3 N–H and O–H groups in total. The summed E-state index contributed by atoms with van der Waals surface area (Å²) in [6, 6.07) is 0.453. The molecule has 2 heterocycles. The quantitative estimate of drug-likeness (QED) is 0.620. The molecule has 0 aromatic carbocycles. The molecule has 142 valence electrons. The van der Waals surface area contributed by atoms with E-state index in [2.05, 4.69) is 19.9 Å². The molecule has 3 rings (SSSR count). The molecule has 3 atom stereocenters. The number of aliphatic hydroxyl groups is 1. The van der Waals surface area contributed by atoms with Crippen molar-refractivity contribution >= 4 is 31.6 Å². The van der Waals surface area contributed by atoms with E-state index in [0.717, 1.165) is 12.8 Å². The molecule has 1 fully saturated rings. The number of hydrogen-bond donors (Lipinski definition) is 2. The first-order valence-corrected chi connectivity index (χ1v) is 9.16. The van der Waals surface area contributed by atoms with Crippen molar-refractivity contribution in [2.24, 2.45) is 0 Å². The van der Waals surface area contributed by atoms with Crippen molar-refractivity contribution in [2.45, 2.75) is 51.2 Å². The number of aliphatic hydroxyl groups excluding tert-OH is 1. The highest BCUT2D eigenvalue weighted by Crippen LogP contribution is 2.33. The van der Waals surface area contributed by atoms with E-state index in [1.807, 2.05) is 7.05 Å². The van der Waals surface area contributed by atoms with Gasteiger partial charge in [-0.15, -0.1) is 0 Å². The van der Waals surface area contributed by atoms with Crippen LogP contribution in [0.3, 0.4) is 0 Å². The maximum atomic E-state index is 10.5. The van der Waals surface area contributed by atoms with E-state index in [1.165, 1.54) is 0 Å². The number of fused-ring (bicyclic) bond motifs is 1. The summed E-state index contributed by atoms with van der Waals surface area (Å²) in [5.41, 5.74) is 7.10. The van der Waals surface area contributed by atoms with E-state index in [9.17, 15) is 9.67 Å². The maximum Gasteiger partial charge on any atom is 0.327 e. The third kappa shape index (κ3) is 3.93. The summed E-state index contributed by atoms with van der Waals surface area (Å²) in [5, 5.41) is 9.84. The van der Waals surface area contributed by atoms with Crippen LogP contribution in [-0.2, 0) is 13.8 Å². The van der Waals surface area contributed by atoms with Crippen LogP contribution in [0.15, 0.2) is 6.33 Å². The average Bonchev–Trinajstić information content (AvgIpc) is 3.36. The Morgan fingerprint density at radius 2 is 2.19 bits per heavy atom. The van der Waals surface area contributed by atoms with Crippen LogP contribution in [-0.4, -0.2) is 56.5 Å². The van der Waals surface area contributed by atoms with Crippen molar-refractivity contribution in [1.82, 2.24) is 19.5 Å². The van der Waals surface area contributed by atoms with Gasteiger partial charge in [0.1, 0.15) is 12.3 Å². The Hall–Kier alpha value is -1.87. The number of hydrogen-bond acceptors (Lipinski definition) is 9. The molecule has 0 aliphatic heterocycles. The molecule has 10 nitrogen and oxygen atoms in total. The number of nitrogens with two attached hydrogens (primary N) is 1. The van der Waals surface area contributed by atoms with Crippen molar-refractivity contribution < 1.29 is 18.9 Å². The zero-order chi connectivity index (χ0) is 18.8. The molecule has 1 aliphatic carbocycles. The summed E-state index contributed by atoms with van der Waals surface area (Å²) in [6.45, 7) is 3.37. The predicted octanol–water partition coefficient (Wildman–Crippen LogP) is 1.51. The lowest BCUT2D eigenvalue weighted by Gasteiger charge is -2.24. The summed E-state index contributed by atoms with van der Waals surface area (Å²) >= 11 is 0. The molecule has 11 heteroatoms. The van der Waals surface area contributed by atoms with E-state index in [1.54, 1.807) is 24.7 Å². The Bertz CT molecular complexity index is 781. The van der Waals surface area contributed by atoms with Gasteiger partial charge in [0, 0.05) is 13.1 Å². The molecule has 0 bridgehead atoms. The second-order valence-electron chi connectivity index (χ2n) is 6.46. The highest BCUT2D eigenvalue weighted by Gasteiger charge is 2.30. The minimum atomic E-state index is -0.801. The zero-order valence-corrected chi connectivity index (χ0v) is 15.8. The molecule has 0 radical (unpaired) electrons. The van der Waals surface area contributed by atoms with Gasteiger partial charge in [0.2, 0.25) is 5.95 Å². The van der Waals surface area contributed by atoms with Crippen molar-refractivity contribution in [2.75, 3.05) is 24.3 Å². The Morgan fingerprint density at radius 1 is 1.46 bits per heavy atom. The third-order valence-electron chi connectivity index (χ3n) is 4.44. The normalized spacial score (nSPS) is 18.2. The molecule has 2 aromatic heterocycles. The summed E-state index contributed by atoms with van der Waals surface area (Å²) in [6.07, 6.45) is 1.90. The summed E-state index contributed by atoms with van der Waals surface area (Å²) in [7, 11) is 1.51. The van der Waals surface area contributed by atoms with E-state index >= 15 is 0 Å². The zero-order valence-electron chi connectivity index (χ0n) is 14.9. The second kappa shape index (κ2) is 7.79. The SMILES string of the molecule is CC(O)[C@@H](COP=O)O[C@H](C)n1cnc2c(N(C)C3CC3)nc(N)nc21. The van der Waals surface area contributed by atoms with Crippen LogP contribution in [0, 0.1) is 0 Å². The molecule has 1 saturated carbocycles. The number of nitrogens with zero attached hydrogens (tertiary/aromatic N) is 5. The van der Waals surface area contributed by atoms with Crippen LogP contribution in [0.1, 0.15) is 32.9 Å². The fraction of sp³-hybridized carbons (Fsp3) is 0.667. The minimum absolute atomic E-state index is 0.00746. The summed E-state index contributed by atoms with van der Waals surface area (Å²) in [4.78, 5) is 15.2. The number of ether oxygens (including phenoxy) is 1. The largest absolute Gasteiger partial charge is 0.391 e. The van der Waals surface area contributed by atoms with Gasteiger partial charge in [-0.25, -0.2) is 9.55 Å². The van der Waals surface area contributed by atoms with Crippen molar-refractivity contribution in [3.63, 3.8) is 0 Å². The lowest BCUT2D eigenvalue weighted by Crippen LogP contribution is -2.32. The van der Waals surface area contributed by atoms with Gasteiger partial charge in [0.05, 0.1) is 19.0 Å². The van der Waals surface area contributed by atoms with Crippen LogP contribution >= 0.6 is 8.69 Å².